The minimum Gasteiger partial charge on any atom is -0.384 e. The molecule has 0 unspecified atom stereocenters. The van der Waals surface area contributed by atoms with Gasteiger partial charge < -0.3 is 19.5 Å². The molecule has 0 bridgehead atoms. The minimum absolute atomic E-state index is 0.0241. The quantitative estimate of drug-likeness (QED) is 0.647. The molecule has 1 N–H and O–H groups in total. The van der Waals surface area contributed by atoms with Crippen molar-refractivity contribution in [2.75, 3.05) is 34.0 Å². The predicted octanol–water partition coefficient (Wildman–Crippen LogP) is 3.11. The fourth-order valence-electron chi connectivity index (χ4n) is 3.78. The van der Waals surface area contributed by atoms with Gasteiger partial charge in [0.2, 0.25) is 0 Å². The van der Waals surface area contributed by atoms with E-state index in [2.05, 4.69) is 24.1 Å². The molecule has 0 spiro atoms. The van der Waals surface area contributed by atoms with Crippen molar-refractivity contribution in [1.82, 2.24) is 4.90 Å². The fourth-order valence-corrected chi connectivity index (χ4v) is 3.78. The number of rotatable bonds is 6. The molecule has 0 amide bonds. The number of ether oxygens (including phenoxy) is 2. The molecule has 2 aromatic carbocycles. The summed E-state index contributed by atoms with van der Waals surface area (Å²) in [5.41, 5.74) is 2.26. The molecular weight excluding hydrogens is 314 g/mol. The second kappa shape index (κ2) is 8.11. The summed E-state index contributed by atoms with van der Waals surface area (Å²) >= 11 is 0. The van der Waals surface area contributed by atoms with Gasteiger partial charge in [-0.2, -0.15) is 0 Å². The zero-order chi connectivity index (χ0) is 17.7. The monoisotopic (exact) mass is 341 g/mol. The van der Waals surface area contributed by atoms with Gasteiger partial charge >= 0.3 is 0 Å². The molecule has 3 rings (SSSR count). The van der Waals surface area contributed by atoms with Crippen LogP contribution in [-0.4, -0.2) is 44.0 Å². The largest absolute Gasteiger partial charge is 0.384 e. The van der Waals surface area contributed by atoms with E-state index >= 15 is 0 Å². The average molecular weight is 341 g/mol. The first-order chi connectivity index (χ1) is 12.1. The van der Waals surface area contributed by atoms with Crippen LogP contribution in [0.25, 0.3) is 0 Å². The molecule has 2 atom stereocenters. The molecule has 1 saturated heterocycles. The minimum atomic E-state index is -0.902. The van der Waals surface area contributed by atoms with Crippen LogP contribution in [0, 0.1) is 0 Å². The van der Waals surface area contributed by atoms with Gasteiger partial charge in [0.15, 0.2) is 0 Å². The van der Waals surface area contributed by atoms with Crippen molar-refractivity contribution >= 4 is 0 Å². The van der Waals surface area contributed by atoms with Crippen molar-refractivity contribution in [2.45, 2.75) is 24.5 Å². The van der Waals surface area contributed by atoms with Crippen molar-refractivity contribution in [3.05, 3.63) is 71.3 Å². The Kier molecular flexibility index (Phi) is 5.86. The van der Waals surface area contributed by atoms with Crippen molar-refractivity contribution in [3.8, 4) is 0 Å². The van der Waals surface area contributed by atoms with Gasteiger partial charge in [0, 0.05) is 26.1 Å². The van der Waals surface area contributed by atoms with E-state index in [1.54, 1.807) is 7.11 Å². The highest BCUT2D eigenvalue weighted by Crippen LogP contribution is 2.44. The normalized spacial score (nSPS) is 24.4. The Morgan fingerprint density at radius 3 is 2.60 bits per heavy atom. The van der Waals surface area contributed by atoms with Crippen molar-refractivity contribution in [2.24, 2.45) is 0 Å². The molecular formula is C21H27NO3. The number of nitrogens with zero attached hydrogens (tertiary/aromatic N) is 1. The lowest BCUT2D eigenvalue weighted by Crippen LogP contribution is -2.47. The summed E-state index contributed by atoms with van der Waals surface area (Å²) < 4.78 is 10.6. The highest BCUT2D eigenvalue weighted by Gasteiger charge is 2.43. The Morgan fingerprint density at radius 2 is 1.84 bits per heavy atom. The van der Waals surface area contributed by atoms with Crippen molar-refractivity contribution < 1.29 is 14.6 Å². The topological polar surface area (TPSA) is 41.9 Å². The first kappa shape index (κ1) is 18.1. The molecule has 0 radical (unpaired) electrons. The summed E-state index contributed by atoms with van der Waals surface area (Å²) in [6.45, 7) is 2.38. The molecule has 2 aromatic rings. The van der Waals surface area contributed by atoms with E-state index in [0.717, 1.165) is 24.2 Å². The van der Waals surface area contributed by atoms with Crippen LogP contribution in [0.15, 0.2) is 54.6 Å². The summed E-state index contributed by atoms with van der Waals surface area (Å²) in [5, 5.41) is 11.8. The van der Waals surface area contributed by atoms with Crippen molar-refractivity contribution in [1.29, 1.82) is 0 Å². The van der Waals surface area contributed by atoms with Gasteiger partial charge in [0.05, 0.1) is 12.2 Å². The molecule has 0 saturated carbocycles. The predicted molar refractivity (Wildman–Crippen MR) is 98.3 cm³/mol. The van der Waals surface area contributed by atoms with Gasteiger partial charge in [0.1, 0.15) is 6.79 Å². The molecule has 4 heteroatoms. The third-order valence-electron chi connectivity index (χ3n) is 5.09. The zero-order valence-electron chi connectivity index (χ0n) is 15.0. The van der Waals surface area contributed by atoms with E-state index in [4.69, 9.17) is 9.47 Å². The highest BCUT2D eigenvalue weighted by atomic mass is 16.7. The Morgan fingerprint density at radius 1 is 1.12 bits per heavy atom. The van der Waals surface area contributed by atoms with Gasteiger partial charge in [-0.1, -0.05) is 54.6 Å². The molecule has 1 aliphatic rings. The number of likely N-dealkylation sites (N-methyl/N-ethyl adjacent to an activating group) is 1. The molecule has 1 aliphatic heterocycles. The maximum atomic E-state index is 11.8. The number of aliphatic hydroxyl groups is 1. The van der Waals surface area contributed by atoms with Crippen LogP contribution < -0.4 is 0 Å². The van der Waals surface area contributed by atoms with Crippen molar-refractivity contribution in [3.63, 3.8) is 0 Å². The van der Waals surface area contributed by atoms with Crippen LogP contribution in [0.5, 0.6) is 0 Å². The standard InChI is InChI=1S/C21H27NO3/c1-22-13-12-21(23,20(14-22)17-8-4-3-5-9-17)19-11-7-6-10-18(19)15-25-16-24-2/h3-11,20,23H,12-16H2,1-2H3/t20-,21+/m1/s1. The summed E-state index contributed by atoms with van der Waals surface area (Å²) in [6, 6.07) is 18.4. The second-order valence-electron chi connectivity index (χ2n) is 6.81. The van der Waals surface area contributed by atoms with Gasteiger partial charge in [-0.05, 0) is 30.2 Å². The van der Waals surface area contributed by atoms with E-state index < -0.39 is 5.60 Å². The van der Waals surface area contributed by atoms with Crippen LogP contribution in [0.4, 0.5) is 0 Å². The van der Waals surface area contributed by atoms with E-state index in [0.29, 0.717) is 13.0 Å². The van der Waals surface area contributed by atoms with E-state index in [1.165, 1.54) is 5.56 Å². The van der Waals surface area contributed by atoms with Crippen LogP contribution in [0.2, 0.25) is 0 Å². The molecule has 25 heavy (non-hydrogen) atoms. The summed E-state index contributed by atoms with van der Waals surface area (Å²) in [6.07, 6.45) is 0.699. The number of benzene rings is 2. The van der Waals surface area contributed by atoms with E-state index in [1.807, 2.05) is 42.5 Å². The Hall–Kier alpha value is -1.72. The lowest BCUT2D eigenvalue weighted by atomic mass is 9.71. The Balaban J connectivity index is 1.97. The van der Waals surface area contributed by atoms with E-state index in [9.17, 15) is 5.11 Å². The molecule has 134 valence electrons. The SMILES string of the molecule is COCOCc1ccccc1[C@@]1(O)CCN(C)C[C@@H]1c1ccccc1. The second-order valence-corrected chi connectivity index (χ2v) is 6.81. The number of hydrogen-bond acceptors (Lipinski definition) is 4. The molecule has 1 fully saturated rings. The number of piperidine rings is 1. The van der Waals surface area contributed by atoms with Gasteiger partial charge in [-0.25, -0.2) is 0 Å². The zero-order valence-corrected chi connectivity index (χ0v) is 15.0. The molecule has 0 aromatic heterocycles. The van der Waals surface area contributed by atoms with Crippen LogP contribution >= 0.6 is 0 Å². The Labute approximate surface area is 150 Å². The van der Waals surface area contributed by atoms with Gasteiger partial charge in [-0.3, -0.25) is 0 Å². The fraction of sp³-hybridized carbons (Fsp3) is 0.429. The van der Waals surface area contributed by atoms with Gasteiger partial charge in [-0.15, -0.1) is 0 Å². The van der Waals surface area contributed by atoms with E-state index in [-0.39, 0.29) is 12.7 Å². The maximum absolute atomic E-state index is 11.8. The van der Waals surface area contributed by atoms with Crippen LogP contribution in [-0.2, 0) is 21.7 Å². The third kappa shape index (κ3) is 3.93. The van der Waals surface area contributed by atoms with Gasteiger partial charge in [0.25, 0.3) is 0 Å². The lowest BCUT2D eigenvalue weighted by molar-refractivity contribution is -0.0523. The molecule has 4 nitrogen and oxygen atoms in total. The molecule has 1 heterocycles. The number of methoxy groups -OCH3 is 1. The summed E-state index contributed by atoms with van der Waals surface area (Å²) in [4.78, 5) is 2.29. The van der Waals surface area contributed by atoms with Crippen LogP contribution in [0.3, 0.4) is 0 Å². The average Bonchev–Trinajstić information content (AvgIpc) is 2.65. The summed E-state index contributed by atoms with van der Waals surface area (Å²) in [5.74, 6) is 0.0241. The molecule has 0 aliphatic carbocycles. The highest BCUT2D eigenvalue weighted by molar-refractivity contribution is 5.38. The Bertz CT molecular complexity index is 676. The van der Waals surface area contributed by atoms with Crippen LogP contribution in [0.1, 0.15) is 29.0 Å². The first-order valence-electron chi connectivity index (χ1n) is 8.76. The maximum Gasteiger partial charge on any atom is 0.146 e. The number of hydrogen-bond donors (Lipinski definition) is 1. The third-order valence-corrected chi connectivity index (χ3v) is 5.09. The number of likely N-dealkylation sites (tertiary alicyclic amines) is 1. The summed E-state index contributed by atoms with van der Waals surface area (Å²) in [7, 11) is 3.73. The lowest BCUT2D eigenvalue weighted by Gasteiger charge is -2.45. The first-order valence-corrected chi connectivity index (χ1v) is 8.76. The smallest absolute Gasteiger partial charge is 0.146 e.